The van der Waals surface area contributed by atoms with Crippen LogP contribution in [0.1, 0.15) is 28.8 Å². The maximum atomic E-state index is 9.66. The zero-order chi connectivity index (χ0) is 24.0. The van der Waals surface area contributed by atoms with Crippen LogP contribution in [0, 0.1) is 11.3 Å². The van der Waals surface area contributed by atoms with Gasteiger partial charge in [0.25, 0.3) is 0 Å². The number of rotatable bonds is 7. The van der Waals surface area contributed by atoms with Gasteiger partial charge in [-0.15, -0.1) is 0 Å². The molecule has 6 nitrogen and oxygen atoms in total. The Hall–Kier alpha value is -3.79. The van der Waals surface area contributed by atoms with Crippen molar-refractivity contribution < 1.29 is 14.1 Å². The maximum absolute atomic E-state index is 9.66. The second-order valence-electron chi connectivity index (χ2n) is 8.52. The van der Waals surface area contributed by atoms with E-state index in [2.05, 4.69) is 76.6 Å². The van der Waals surface area contributed by atoms with E-state index in [-0.39, 0.29) is 12.6 Å². The first-order valence-corrected chi connectivity index (χ1v) is 12.1. The van der Waals surface area contributed by atoms with E-state index in [1.165, 1.54) is 16.0 Å². The van der Waals surface area contributed by atoms with Crippen LogP contribution >= 0.6 is 11.6 Å². The van der Waals surface area contributed by atoms with E-state index in [1.54, 1.807) is 12.1 Å². The van der Waals surface area contributed by atoms with Gasteiger partial charge in [0, 0.05) is 16.1 Å². The molecule has 0 aliphatic carbocycles. The second-order valence-corrected chi connectivity index (χ2v) is 8.96. The average molecular weight is 486 g/mol. The highest BCUT2D eigenvalue weighted by molar-refractivity contribution is 6.30. The number of piperazine rings is 1. The Bertz CT molecular complexity index is 1260. The average Bonchev–Trinajstić information content (AvgIpc) is 3.33. The summed E-state index contributed by atoms with van der Waals surface area (Å²) in [5, 5.41) is 10.3. The number of hydrogen-bond donors (Lipinski definition) is 1. The van der Waals surface area contributed by atoms with Gasteiger partial charge in [0.1, 0.15) is 17.9 Å². The number of hydrogen-bond acceptors (Lipinski definition) is 5. The van der Waals surface area contributed by atoms with Gasteiger partial charge in [0.15, 0.2) is 6.61 Å². The number of ether oxygens (including phenoxy) is 1. The van der Waals surface area contributed by atoms with Crippen LogP contribution < -0.4 is 14.5 Å². The highest BCUT2D eigenvalue weighted by Gasteiger charge is 2.32. The predicted molar refractivity (Wildman–Crippen MR) is 135 cm³/mol. The summed E-state index contributed by atoms with van der Waals surface area (Å²) in [6.45, 7) is 3.49. The van der Waals surface area contributed by atoms with Crippen LogP contribution in [0.2, 0.25) is 5.02 Å². The zero-order valence-corrected chi connectivity index (χ0v) is 20.0. The summed E-state index contributed by atoms with van der Waals surface area (Å²) in [6, 6.07) is 30.9. The molecule has 4 aromatic rings. The minimum absolute atomic E-state index is 0.129. The molecule has 1 aliphatic rings. The molecule has 0 bridgehead atoms. The lowest BCUT2D eigenvalue weighted by molar-refractivity contribution is -0.926. The van der Waals surface area contributed by atoms with Crippen LogP contribution in [0.25, 0.3) is 0 Å². The molecule has 0 saturated carbocycles. The lowest BCUT2D eigenvalue weighted by Crippen LogP contribution is -3.15. The molecule has 1 saturated heterocycles. The van der Waals surface area contributed by atoms with Crippen LogP contribution in [-0.4, -0.2) is 31.2 Å². The number of nitriles is 1. The van der Waals surface area contributed by atoms with Gasteiger partial charge < -0.3 is 19.0 Å². The van der Waals surface area contributed by atoms with E-state index in [1.807, 2.05) is 12.1 Å². The molecule has 2 heterocycles. The smallest absolute Gasteiger partial charge is 0.236 e. The van der Waals surface area contributed by atoms with Crippen molar-refractivity contribution in [3.63, 3.8) is 0 Å². The number of nitrogens with zero attached hydrogens (tertiary/aromatic N) is 3. The van der Waals surface area contributed by atoms with Crippen molar-refractivity contribution in [3.8, 4) is 11.8 Å². The van der Waals surface area contributed by atoms with Crippen molar-refractivity contribution in [2.75, 3.05) is 31.1 Å². The Balaban J connectivity index is 1.29. The molecule has 5 rings (SSSR count). The molecule has 1 N–H and O–H groups in total. The molecule has 0 amide bonds. The lowest BCUT2D eigenvalue weighted by atomic mass is 9.96. The fraction of sp³-hybridized carbons (Fsp3) is 0.214. The number of halogens is 1. The minimum Gasteiger partial charge on any atom is -0.484 e. The number of oxazole rings is 1. The van der Waals surface area contributed by atoms with E-state index >= 15 is 0 Å². The Morgan fingerprint density at radius 2 is 1.63 bits per heavy atom. The molecule has 1 aromatic heterocycles. The summed E-state index contributed by atoms with van der Waals surface area (Å²) in [7, 11) is 0. The van der Waals surface area contributed by atoms with E-state index in [9.17, 15) is 5.26 Å². The van der Waals surface area contributed by atoms with Crippen molar-refractivity contribution >= 4 is 17.5 Å². The summed E-state index contributed by atoms with van der Waals surface area (Å²) in [5.41, 5.74) is 2.90. The molecule has 0 atom stereocenters. The molecule has 7 heteroatoms. The van der Waals surface area contributed by atoms with Crippen molar-refractivity contribution in [2.24, 2.45) is 0 Å². The van der Waals surface area contributed by atoms with Crippen LogP contribution in [0.15, 0.2) is 89.3 Å². The summed E-state index contributed by atoms with van der Waals surface area (Å²) < 4.78 is 11.7. The first-order valence-electron chi connectivity index (χ1n) is 11.7. The fourth-order valence-corrected chi connectivity index (χ4v) is 4.83. The highest BCUT2D eigenvalue weighted by Crippen LogP contribution is 2.25. The van der Waals surface area contributed by atoms with Crippen LogP contribution in [0.5, 0.6) is 5.75 Å². The van der Waals surface area contributed by atoms with E-state index in [0.29, 0.717) is 28.2 Å². The third kappa shape index (κ3) is 5.32. The van der Waals surface area contributed by atoms with E-state index in [0.717, 1.165) is 26.2 Å². The van der Waals surface area contributed by atoms with Gasteiger partial charge in [-0.05, 0) is 18.2 Å². The van der Waals surface area contributed by atoms with Gasteiger partial charge in [-0.1, -0.05) is 78.3 Å². The highest BCUT2D eigenvalue weighted by atomic mass is 35.5. The quantitative estimate of drug-likeness (QED) is 0.423. The monoisotopic (exact) mass is 485 g/mol. The summed E-state index contributed by atoms with van der Waals surface area (Å²) in [6.07, 6.45) is 0. The number of nitrogens with one attached hydrogen (secondary N) is 1. The summed E-state index contributed by atoms with van der Waals surface area (Å²) >= 11 is 6.02. The zero-order valence-electron chi connectivity index (χ0n) is 19.2. The predicted octanol–water partition coefficient (Wildman–Crippen LogP) is 4.27. The van der Waals surface area contributed by atoms with Crippen molar-refractivity contribution in [2.45, 2.75) is 12.6 Å². The van der Waals surface area contributed by atoms with Crippen LogP contribution in [0.4, 0.5) is 5.88 Å². The maximum Gasteiger partial charge on any atom is 0.236 e. The standard InChI is InChI=1S/C28H25ClN4O2/c29-23-12-7-13-24(18-23)34-20-26-31-25(19-30)28(35-26)33-16-14-32(15-17-33)27(21-8-3-1-4-9-21)22-10-5-2-6-11-22/h1-13,18,27H,14-17,20H2/p+1. The topological polar surface area (TPSA) is 66.7 Å². The number of anilines is 1. The van der Waals surface area contributed by atoms with Gasteiger partial charge in [0.2, 0.25) is 17.5 Å². The van der Waals surface area contributed by atoms with Crippen molar-refractivity contribution in [1.29, 1.82) is 5.26 Å². The molecule has 1 aliphatic heterocycles. The summed E-state index contributed by atoms with van der Waals surface area (Å²) in [5.74, 6) is 1.52. The number of benzene rings is 3. The molecular weight excluding hydrogens is 460 g/mol. The Morgan fingerprint density at radius 3 is 2.23 bits per heavy atom. The molecule has 0 radical (unpaired) electrons. The SMILES string of the molecule is N#Cc1nc(COc2cccc(Cl)c2)oc1N1CC[NH+](C(c2ccccc2)c2ccccc2)CC1. The van der Waals surface area contributed by atoms with E-state index in [4.69, 9.17) is 20.8 Å². The van der Waals surface area contributed by atoms with Crippen LogP contribution in [0.3, 0.4) is 0 Å². The van der Waals surface area contributed by atoms with Crippen molar-refractivity contribution in [1.82, 2.24) is 4.98 Å². The molecule has 176 valence electrons. The van der Waals surface area contributed by atoms with Gasteiger partial charge >= 0.3 is 0 Å². The molecular formula is C28H26ClN4O2+. The Morgan fingerprint density at radius 1 is 0.971 bits per heavy atom. The largest absolute Gasteiger partial charge is 0.484 e. The van der Waals surface area contributed by atoms with E-state index < -0.39 is 0 Å². The lowest BCUT2D eigenvalue weighted by Gasteiger charge is -2.36. The van der Waals surface area contributed by atoms with Gasteiger partial charge in [0.05, 0.1) is 26.2 Å². The number of aromatic nitrogens is 1. The minimum atomic E-state index is 0.129. The van der Waals surface area contributed by atoms with Gasteiger partial charge in [-0.25, -0.2) is 0 Å². The third-order valence-electron chi connectivity index (χ3n) is 6.28. The van der Waals surface area contributed by atoms with Crippen molar-refractivity contribution in [3.05, 3.63) is 113 Å². The molecule has 1 fully saturated rings. The normalized spacial score (nSPS) is 14.1. The summed E-state index contributed by atoms with van der Waals surface area (Å²) in [4.78, 5) is 7.96. The van der Waals surface area contributed by atoms with Gasteiger partial charge in [-0.2, -0.15) is 10.2 Å². The first-order chi connectivity index (χ1) is 17.2. The molecule has 0 spiro atoms. The first kappa shape index (κ1) is 23.0. The van der Waals surface area contributed by atoms with Gasteiger partial charge in [-0.3, -0.25) is 0 Å². The second kappa shape index (κ2) is 10.6. The fourth-order valence-electron chi connectivity index (χ4n) is 4.65. The molecule has 3 aromatic carbocycles. The van der Waals surface area contributed by atoms with Crippen LogP contribution in [-0.2, 0) is 6.61 Å². The molecule has 0 unspecified atom stereocenters. The third-order valence-corrected chi connectivity index (χ3v) is 6.52. The number of quaternary nitrogens is 1. The Kier molecular flexibility index (Phi) is 6.99. The Labute approximate surface area is 209 Å². The molecule has 35 heavy (non-hydrogen) atoms.